The van der Waals surface area contributed by atoms with Gasteiger partial charge in [-0.15, -0.1) is 0 Å². The van der Waals surface area contributed by atoms with Crippen molar-refractivity contribution >= 4 is 34.4 Å². The smallest absolute Gasteiger partial charge is 0.261 e. The molecule has 1 aromatic rings. The number of carbonyl (C=O) groups is 2. The number of amides is 2. The molecule has 1 aliphatic heterocycles. The van der Waals surface area contributed by atoms with Gasteiger partial charge in [-0.25, -0.2) is 4.99 Å². The number of nitrogens with zero attached hydrogens (tertiary/aromatic N) is 3. The average Bonchev–Trinajstić information content (AvgIpc) is 3.27. The molecular formula is C14H12N4O2S. The lowest BCUT2D eigenvalue weighted by Crippen LogP contribution is -2.31. The molecule has 0 bridgehead atoms. The van der Waals surface area contributed by atoms with Crippen LogP contribution in [0, 0.1) is 11.5 Å². The van der Waals surface area contributed by atoms with E-state index >= 15 is 0 Å². The van der Waals surface area contributed by atoms with Gasteiger partial charge < -0.3 is 0 Å². The maximum atomic E-state index is 12.3. The lowest BCUT2D eigenvalue weighted by Gasteiger charge is -2.11. The van der Waals surface area contributed by atoms with E-state index < -0.39 is 0 Å². The Bertz CT molecular complexity index is 703. The molecule has 21 heavy (non-hydrogen) atoms. The van der Waals surface area contributed by atoms with E-state index in [-0.39, 0.29) is 17.9 Å². The number of rotatable bonds is 2. The van der Waals surface area contributed by atoms with Crippen molar-refractivity contribution in [3.63, 3.8) is 0 Å². The topological polar surface area (TPSA) is 85.6 Å². The van der Waals surface area contributed by atoms with Crippen LogP contribution >= 0.6 is 11.8 Å². The summed E-state index contributed by atoms with van der Waals surface area (Å²) in [5.41, 5.74) is 1.37. The maximum Gasteiger partial charge on any atom is 0.261 e. The number of thioether (sulfide) groups is 1. The van der Waals surface area contributed by atoms with Crippen LogP contribution in [0.2, 0.25) is 0 Å². The highest BCUT2D eigenvalue weighted by atomic mass is 32.2. The van der Waals surface area contributed by atoms with Crippen LogP contribution in [0.5, 0.6) is 0 Å². The molecule has 0 aromatic heterocycles. The fourth-order valence-corrected chi connectivity index (χ4v) is 2.62. The van der Waals surface area contributed by atoms with E-state index in [0.29, 0.717) is 22.0 Å². The third-order valence-corrected chi connectivity index (χ3v) is 3.98. The highest BCUT2D eigenvalue weighted by Gasteiger charge is 2.44. The van der Waals surface area contributed by atoms with E-state index in [1.54, 1.807) is 30.6 Å². The summed E-state index contributed by atoms with van der Waals surface area (Å²) in [6, 6.07) is 4.97. The van der Waals surface area contributed by atoms with Gasteiger partial charge in [0.15, 0.2) is 11.4 Å². The van der Waals surface area contributed by atoms with E-state index in [2.05, 4.69) is 10.3 Å². The van der Waals surface area contributed by atoms with Crippen LogP contribution in [-0.2, 0) is 0 Å². The second-order valence-corrected chi connectivity index (χ2v) is 5.59. The quantitative estimate of drug-likeness (QED) is 0.296. The standard InChI is InChI=1S/C14H12N4O2S/c1-21-14(16-7-15)17-8-2-5-10-11(6-8)13(20)18(12(10)19)9-3-4-9/h2,5-6,9H,3-4H2,1H3,(H,16,17). The van der Waals surface area contributed by atoms with Crippen LogP contribution in [0.3, 0.4) is 0 Å². The molecule has 6 nitrogen and oxygen atoms in total. The van der Waals surface area contributed by atoms with Gasteiger partial charge in [0.25, 0.3) is 11.8 Å². The fraction of sp³-hybridized carbons (Fsp3) is 0.286. The lowest BCUT2D eigenvalue weighted by atomic mass is 10.1. The molecule has 0 saturated heterocycles. The van der Waals surface area contributed by atoms with Gasteiger partial charge in [-0.2, -0.15) is 5.26 Å². The molecule has 0 spiro atoms. The van der Waals surface area contributed by atoms with E-state index in [0.717, 1.165) is 12.8 Å². The summed E-state index contributed by atoms with van der Waals surface area (Å²) in [5.74, 6) is -0.457. The fourth-order valence-electron chi connectivity index (χ4n) is 2.27. The number of hydrogen-bond acceptors (Lipinski definition) is 5. The normalized spacial score (nSPS) is 17.7. The van der Waals surface area contributed by atoms with Crippen molar-refractivity contribution in [1.29, 1.82) is 5.26 Å². The van der Waals surface area contributed by atoms with E-state index in [1.807, 2.05) is 0 Å². The predicted octanol–water partition coefficient (Wildman–Crippen LogP) is 1.87. The zero-order chi connectivity index (χ0) is 15.0. The number of nitriles is 1. The highest BCUT2D eigenvalue weighted by Crippen LogP contribution is 2.35. The number of benzene rings is 1. The number of nitrogens with one attached hydrogen (secondary N) is 1. The van der Waals surface area contributed by atoms with Crippen LogP contribution in [0.15, 0.2) is 23.2 Å². The molecule has 7 heteroatoms. The molecule has 0 unspecified atom stereocenters. The Kier molecular flexibility index (Phi) is 3.39. The Hall–Kier alpha value is -2.33. The van der Waals surface area contributed by atoms with Crippen molar-refractivity contribution in [1.82, 2.24) is 10.2 Å². The van der Waals surface area contributed by atoms with Crippen molar-refractivity contribution in [3.8, 4) is 6.19 Å². The van der Waals surface area contributed by atoms with Gasteiger partial charge in [-0.1, -0.05) is 11.8 Å². The molecule has 106 valence electrons. The maximum absolute atomic E-state index is 12.3. The molecule has 0 atom stereocenters. The second kappa shape index (κ2) is 5.22. The van der Waals surface area contributed by atoms with Gasteiger partial charge in [-0.3, -0.25) is 19.8 Å². The van der Waals surface area contributed by atoms with Crippen LogP contribution < -0.4 is 5.32 Å². The Labute approximate surface area is 125 Å². The number of aliphatic imine (C=N–C) groups is 1. The molecule has 1 saturated carbocycles. The average molecular weight is 300 g/mol. The molecule has 1 aliphatic carbocycles. The zero-order valence-electron chi connectivity index (χ0n) is 11.3. The van der Waals surface area contributed by atoms with Crippen molar-refractivity contribution in [2.24, 2.45) is 4.99 Å². The SMILES string of the molecule is CSC(=Nc1ccc2c(c1)C(=O)N(C1CC1)C2=O)NC#N. The van der Waals surface area contributed by atoms with Crippen molar-refractivity contribution < 1.29 is 9.59 Å². The summed E-state index contributed by atoms with van der Waals surface area (Å²) in [7, 11) is 0. The van der Waals surface area contributed by atoms with Gasteiger partial charge in [0.1, 0.15) is 0 Å². The van der Waals surface area contributed by atoms with Crippen molar-refractivity contribution in [3.05, 3.63) is 29.3 Å². The molecule has 2 amide bonds. The minimum absolute atomic E-state index is 0.0614. The molecule has 2 aliphatic rings. The summed E-state index contributed by atoms with van der Waals surface area (Å²) in [4.78, 5) is 30.1. The van der Waals surface area contributed by atoms with Crippen LogP contribution in [-0.4, -0.2) is 34.2 Å². The predicted molar refractivity (Wildman–Crippen MR) is 79.3 cm³/mol. The molecular weight excluding hydrogens is 288 g/mol. The molecule has 1 aromatic carbocycles. The third kappa shape index (κ3) is 2.38. The highest BCUT2D eigenvalue weighted by molar-refractivity contribution is 8.13. The number of carbonyl (C=O) groups excluding carboxylic acids is 2. The largest absolute Gasteiger partial charge is 0.271 e. The molecule has 1 heterocycles. The first-order valence-corrected chi connectivity index (χ1v) is 7.68. The molecule has 1 N–H and O–H groups in total. The lowest BCUT2D eigenvalue weighted by molar-refractivity contribution is 0.0642. The second-order valence-electron chi connectivity index (χ2n) is 4.80. The van der Waals surface area contributed by atoms with Gasteiger partial charge in [0.05, 0.1) is 16.8 Å². The zero-order valence-corrected chi connectivity index (χ0v) is 12.1. The third-order valence-electron chi connectivity index (χ3n) is 3.40. The molecule has 3 rings (SSSR count). The van der Waals surface area contributed by atoms with Crippen LogP contribution in [0.25, 0.3) is 0 Å². The summed E-state index contributed by atoms with van der Waals surface area (Å²) in [6.45, 7) is 0. The van der Waals surface area contributed by atoms with Crippen LogP contribution in [0.4, 0.5) is 5.69 Å². The molecule has 0 radical (unpaired) electrons. The summed E-state index contributed by atoms with van der Waals surface area (Å²) < 4.78 is 0. The summed E-state index contributed by atoms with van der Waals surface area (Å²) in [5, 5.41) is 11.5. The van der Waals surface area contributed by atoms with Gasteiger partial charge in [-0.05, 0) is 37.3 Å². The van der Waals surface area contributed by atoms with Gasteiger partial charge >= 0.3 is 0 Å². The Morgan fingerprint density at radius 3 is 2.71 bits per heavy atom. The van der Waals surface area contributed by atoms with Gasteiger partial charge in [0.2, 0.25) is 0 Å². The monoisotopic (exact) mass is 300 g/mol. The summed E-state index contributed by atoms with van der Waals surface area (Å²) >= 11 is 1.29. The number of imide groups is 1. The summed E-state index contributed by atoms with van der Waals surface area (Å²) in [6.07, 6.45) is 5.37. The van der Waals surface area contributed by atoms with E-state index in [9.17, 15) is 9.59 Å². The molecule has 1 fully saturated rings. The minimum atomic E-state index is -0.242. The minimum Gasteiger partial charge on any atom is -0.271 e. The number of hydrogen-bond donors (Lipinski definition) is 1. The van der Waals surface area contributed by atoms with Crippen molar-refractivity contribution in [2.75, 3.05) is 6.26 Å². The van der Waals surface area contributed by atoms with E-state index in [1.165, 1.54) is 16.7 Å². The van der Waals surface area contributed by atoms with Crippen molar-refractivity contribution in [2.45, 2.75) is 18.9 Å². The number of fused-ring (bicyclic) bond motifs is 1. The first-order chi connectivity index (χ1) is 10.2. The Balaban J connectivity index is 1.95. The Morgan fingerprint density at radius 1 is 1.38 bits per heavy atom. The first-order valence-electron chi connectivity index (χ1n) is 6.45. The first kappa shape index (κ1) is 13.6. The van der Waals surface area contributed by atoms with E-state index in [4.69, 9.17) is 5.26 Å². The van der Waals surface area contributed by atoms with Gasteiger partial charge in [0, 0.05) is 6.04 Å². The Morgan fingerprint density at radius 2 is 2.10 bits per heavy atom. The van der Waals surface area contributed by atoms with Crippen LogP contribution in [0.1, 0.15) is 33.6 Å². The number of amidine groups is 1.